The van der Waals surface area contributed by atoms with E-state index in [0.717, 1.165) is 23.2 Å². The van der Waals surface area contributed by atoms with Crippen molar-refractivity contribution in [2.75, 3.05) is 5.32 Å². The summed E-state index contributed by atoms with van der Waals surface area (Å²) in [6.45, 7) is 1.50. The zero-order chi connectivity index (χ0) is 17.6. The van der Waals surface area contributed by atoms with Gasteiger partial charge in [-0.15, -0.1) is 0 Å². The molecule has 1 aliphatic rings. The highest BCUT2D eigenvalue weighted by Gasteiger charge is 2.41. The lowest BCUT2D eigenvalue weighted by atomic mass is 10.2. The van der Waals surface area contributed by atoms with Gasteiger partial charge >= 0.3 is 6.18 Å². The molecular formula is C14H15BrF3N5O. The van der Waals surface area contributed by atoms with E-state index in [1.165, 1.54) is 6.20 Å². The Labute approximate surface area is 144 Å². The number of aromatic nitrogens is 4. The minimum absolute atomic E-state index is 0.0101. The fourth-order valence-corrected chi connectivity index (χ4v) is 3.28. The van der Waals surface area contributed by atoms with E-state index in [-0.39, 0.29) is 16.9 Å². The summed E-state index contributed by atoms with van der Waals surface area (Å²) in [4.78, 5) is 12.2. The molecule has 0 atom stereocenters. The summed E-state index contributed by atoms with van der Waals surface area (Å²) in [5.41, 5.74) is 0.719. The largest absolute Gasteiger partial charge is 0.436 e. The van der Waals surface area contributed by atoms with E-state index in [2.05, 4.69) is 31.4 Å². The predicted octanol–water partition coefficient (Wildman–Crippen LogP) is 3.22. The third-order valence-electron chi connectivity index (χ3n) is 3.97. The Morgan fingerprint density at radius 2 is 2.12 bits per heavy atom. The van der Waals surface area contributed by atoms with Gasteiger partial charge in [-0.25, -0.2) is 0 Å². The molecule has 2 aromatic heterocycles. The Balaban J connectivity index is 1.84. The van der Waals surface area contributed by atoms with Gasteiger partial charge in [0.25, 0.3) is 0 Å². The first-order chi connectivity index (χ1) is 11.2. The van der Waals surface area contributed by atoms with Crippen LogP contribution in [0, 0.1) is 6.92 Å². The number of alkyl halides is 3. The Hall–Kier alpha value is -1.84. The van der Waals surface area contributed by atoms with Crippen molar-refractivity contribution in [2.45, 2.75) is 38.4 Å². The average molecular weight is 406 g/mol. The molecule has 24 heavy (non-hydrogen) atoms. The van der Waals surface area contributed by atoms with Crippen LogP contribution < -0.4 is 5.32 Å². The van der Waals surface area contributed by atoms with Crippen LogP contribution in [0.5, 0.6) is 0 Å². The van der Waals surface area contributed by atoms with Gasteiger partial charge in [-0.05, 0) is 35.7 Å². The van der Waals surface area contributed by atoms with Crippen LogP contribution in [0.2, 0.25) is 0 Å². The van der Waals surface area contributed by atoms with Crippen molar-refractivity contribution in [1.29, 1.82) is 0 Å². The molecule has 2 heterocycles. The van der Waals surface area contributed by atoms with Crippen LogP contribution >= 0.6 is 15.9 Å². The van der Waals surface area contributed by atoms with Crippen molar-refractivity contribution < 1.29 is 18.0 Å². The molecule has 130 valence electrons. The van der Waals surface area contributed by atoms with E-state index in [0.29, 0.717) is 11.4 Å². The standard InChI is InChI=1S/C14H15BrF3N5O/c1-7-9(5-19-22(7)2)20-10(24)6-23-12(8-3-4-8)11(15)13(21-23)14(16,17)18/h5,8H,3-4,6H2,1-2H3,(H,20,24). The Morgan fingerprint density at radius 3 is 2.62 bits per heavy atom. The number of carbonyl (C=O) groups is 1. The normalized spacial score (nSPS) is 14.9. The highest BCUT2D eigenvalue weighted by molar-refractivity contribution is 9.10. The second-order valence-corrected chi connectivity index (χ2v) is 6.59. The van der Waals surface area contributed by atoms with Gasteiger partial charge in [0.1, 0.15) is 6.54 Å². The van der Waals surface area contributed by atoms with Gasteiger partial charge in [0.15, 0.2) is 5.69 Å². The molecule has 1 amide bonds. The lowest BCUT2D eigenvalue weighted by molar-refractivity contribution is -0.142. The molecule has 10 heteroatoms. The quantitative estimate of drug-likeness (QED) is 0.848. The number of anilines is 1. The van der Waals surface area contributed by atoms with Crippen LogP contribution in [0.1, 0.15) is 35.8 Å². The van der Waals surface area contributed by atoms with Crippen molar-refractivity contribution in [1.82, 2.24) is 19.6 Å². The third kappa shape index (κ3) is 3.19. The zero-order valence-corrected chi connectivity index (χ0v) is 14.6. The predicted molar refractivity (Wildman–Crippen MR) is 83.5 cm³/mol. The molecule has 0 unspecified atom stereocenters. The Morgan fingerprint density at radius 1 is 1.46 bits per heavy atom. The molecule has 2 aromatic rings. The number of rotatable bonds is 4. The number of hydrogen-bond acceptors (Lipinski definition) is 3. The van der Waals surface area contributed by atoms with Crippen molar-refractivity contribution in [2.24, 2.45) is 7.05 Å². The maximum absolute atomic E-state index is 13.0. The first-order valence-electron chi connectivity index (χ1n) is 7.30. The van der Waals surface area contributed by atoms with Crippen LogP contribution in [-0.4, -0.2) is 25.5 Å². The molecule has 1 fully saturated rings. The van der Waals surface area contributed by atoms with Gasteiger partial charge in [0.2, 0.25) is 5.91 Å². The minimum atomic E-state index is -4.57. The molecule has 0 aromatic carbocycles. The van der Waals surface area contributed by atoms with Crippen LogP contribution in [0.4, 0.5) is 18.9 Å². The smallest absolute Gasteiger partial charge is 0.322 e. The highest BCUT2D eigenvalue weighted by Crippen LogP contribution is 2.46. The third-order valence-corrected chi connectivity index (χ3v) is 4.75. The fourth-order valence-electron chi connectivity index (χ4n) is 2.45. The second-order valence-electron chi connectivity index (χ2n) is 5.79. The van der Waals surface area contributed by atoms with Crippen LogP contribution in [0.25, 0.3) is 0 Å². The number of aryl methyl sites for hydroxylation is 1. The molecule has 1 aliphatic carbocycles. The number of halogens is 4. The summed E-state index contributed by atoms with van der Waals surface area (Å²) in [5.74, 6) is -0.437. The number of carbonyl (C=O) groups excluding carboxylic acids is 1. The SMILES string of the molecule is Cc1c(NC(=O)Cn2nc(C(F)(F)F)c(Br)c2C2CC2)cnn1C. The van der Waals surface area contributed by atoms with E-state index < -0.39 is 17.8 Å². The fraction of sp³-hybridized carbons (Fsp3) is 0.500. The van der Waals surface area contributed by atoms with Gasteiger partial charge < -0.3 is 5.32 Å². The van der Waals surface area contributed by atoms with Crippen molar-refractivity contribution in [3.63, 3.8) is 0 Å². The van der Waals surface area contributed by atoms with E-state index in [4.69, 9.17) is 0 Å². The van der Waals surface area contributed by atoms with Gasteiger partial charge in [-0.3, -0.25) is 14.2 Å². The molecule has 0 saturated heterocycles. The summed E-state index contributed by atoms with van der Waals surface area (Å²) in [6, 6.07) is 0. The van der Waals surface area contributed by atoms with Gasteiger partial charge in [0, 0.05) is 13.0 Å². The zero-order valence-electron chi connectivity index (χ0n) is 13.0. The first kappa shape index (κ1) is 17.0. The second kappa shape index (κ2) is 5.91. The van der Waals surface area contributed by atoms with Crippen molar-refractivity contribution in [3.8, 4) is 0 Å². The number of nitrogens with zero attached hydrogens (tertiary/aromatic N) is 4. The van der Waals surface area contributed by atoms with E-state index in [1.807, 2.05) is 0 Å². The van der Waals surface area contributed by atoms with Crippen molar-refractivity contribution in [3.05, 3.63) is 27.8 Å². The monoisotopic (exact) mass is 405 g/mol. The molecule has 0 aliphatic heterocycles. The van der Waals surface area contributed by atoms with E-state index in [9.17, 15) is 18.0 Å². The molecule has 6 nitrogen and oxygen atoms in total. The minimum Gasteiger partial charge on any atom is -0.322 e. The topological polar surface area (TPSA) is 64.7 Å². The highest BCUT2D eigenvalue weighted by atomic mass is 79.9. The number of amides is 1. The van der Waals surface area contributed by atoms with Gasteiger partial charge in [0.05, 0.1) is 27.7 Å². The average Bonchev–Trinajstić information content (AvgIpc) is 3.19. The Bertz CT molecular complexity index is 791. The summed E-state index contributed by atoms with van der Waals surface area (Å²) >= 11 is 3.00. The number of nitrogens with one attached hydrogen (secondary N) is 1. The maximum atomic E-state index is 13.0. The molecule has 0 spiro atoms. The van der Waals surface area contributed by atoms with Gasteiger partial charge in [-0.2, -0.15) is 23.4 Å². The summed E-state index contributed by atoms with van der Waals surface area (Å²) in [5, 5.41) is 10.3. The number of hydrogen-bond donors (Lipinski definition) is 1. The lowest BCUT2D eigenvalue weighted by Crippen LogP contribution is -2.21. The van der Waals surface area contributed by atoms with Crippen LogP contribution in [0.3, 0.4) is 0 Å². The summed E-state index contributed by atoms with van der Waals surface area (Å²) < 4.78 is 41.8. The summed E-state index contributed by atoms with van der Waals surface area (Å²) in [7, 11) is 1.73. The first-order valence-corrected chi connectivity index (χ1v) is 8.09. The summed E-state index contributed by atoms with van der Waals surface area (Å²) in [6.07, 6.45) is -1.48. The van der Waals surface area contributed by atoms with E-state index in [1.54, 1.807) is 18.7 Å². The van der Waals surface area contributed by atoms with Crippen LogP contribution in [0.15, 0.2) is 10.7 Å². The van der Waals surface area contributed by atoms with Crippen molar-refractivity contribution >= 4 is 27.5 Å². The van der Waals surface area contributed by atoms with Crippen LogP contribution in [-0.2, 0) is 24.6 Å². The molecular weight excluding hydrogens is 391 g/mol. The van der Waals surface area contributed by atoms with Gasteiger partial charge in [-0.1, -0.05) is 0 Å². The molecule has 0 radical (unpaired) electrons. The molecule has 1 N–H and O–H groups in total. The lowest BCUT2D eigenvalue weighted by Gasteiger charge is -2.08. The molecule has 0 bridgehead atoms. The van der Waals surface area contributed by atoms with E-state index >= 15 is 0 Å². The molecule has 3 rings (SSSR count). The maximum Gasteiger partial charge on any atom is 0.436 e. The molecule has 1 saturated carbocycles. The Kier molecular flexibility index (Phi) is 4.18.